The number of nitrogens with zero attached hydrogens (tertiary/aromatic N) is 1. The Morgan fingerprint density at radius 2 is 2.11 bits per heavy atom. The molecule has 1 atom stereocenters. The van der Waals surface area contributed by atoms with Crippen molar-refractivity contribution in [1.82, 2.24) is 5.32 Å². The van der Waals surface area contributed by atoms with Gasteiger partial charge in [-0.25, -0.2) is 0 Å². The second kappa shape index (κ2) is 7.45. The second-order valence-corrected chi connectivity index (χ2v) is 4.01. The lowest BCUT2D eigenvalue weighted by atomic mass is 10.1. The Bertz CT molecular complexity index is 432. The van der Waals surface area contributed by atoms with Gasteiger partial charge in [0.1, 0.15) is 0 Å². The maximum Gasteiger partial charge on any atom is 0.269 e. The van der Waals surface area contributed by atoms with E-state index in [1.165, 1.54) is 31.4 Å². The van der Waals surface area contributed by atoms with E-state index in [1.54, 1.807) is 0 Å². The maximum atomic E-state index is 11.5. The van der Waals surface area contributed by atoms with E-state index in [0.717, 1.165) is 0 Å². The molecule has 0 aliphatic rings. The number of hydrogen-bond donors (Lipinski definition) is 2. The van der Waals surface area contributed by atoms with Crippen LogP contribution in [0.4, 0.5) is 5.69 Å². The van der Waals surface area contributed by atoms with Gasteiger partial charge in [0.2, 0.25) is 5.91 Å². The summed E-state index contributed by atoms with van der Waals surface area (Å²) in [5, 5.41) is 22.4. The quantitative estimate of drug-likeness (QED) is 0.545. The molecule has 0 spiro atoms. The number of nitrogens with one attached hydrogen (secondary N) is 1. The van der Waals surface area contributed by atoms with Gasteiger partial charge in [-0.15, -0.1) is 0 Å². The van der Waals surface area contributed by atoms with Crippen molar-refractivity contribution in [2.75, 3.05) is 20.3 Å². The highest BCUT2D eigenvalue weighted by atomic mass is 16.6. The van der Waals surface area contributed by atoms with Gasteiger partial charge in [0.25, 0.3) is 5.69 Å². The van der Waals surface area contributed by atoms with Gasteiger partial charge in [0.15, 0.2) is 0 Å². The first-order valence-corrected chi connectivity index (χ1v) is 5.70. The molecule has 0 aliphatic heterocycles. The van der Waals surface area contributed by atoms with E-state index < -0.39 is 11.0 Å². The highest BCUT2D eigenvalue weighted by Gasteiger charge is 2.09. The predicted molar refractivity (Wildman–Crippen MR) is 67.7 cm³/mol. The van der Waals surface area contributed by atoms with Gasteiger partial charge in [-0.05, 0) is 5.56 Å². The molecule has 1 aromatic carbocycles. The first kappa shape index (κ1) is 15.1. The van der Waals surface area contributed by atoms with Crippen molar-refractivity contribution in [2.45, 2.75) is 12.5 Å². The van der Waals surface area contributed by atoms with Gasteiger partial charge >= 0.3 is 0 Å². The van der Waals surface area contributed by atoms with Crippen molar-refractivity contribution in [3.05, 3.63) is 39.9 Å². The second-order valence-electron chi connectivity index (χ2n) is 4.01. The fourth-order valence-corrected chi connectivity index (χ4v) is 1.47. The molecule has 0 saturated carbocycles. The monoisotopic (exact) mass is 268 g/mol. The molecule has 0 bridgehead atoms. The Labute approximate surface area is 110 Å². The number of amides is 1. The van der Waals surface area contributed by atoms with Crippen LogP contribution < -0.4 is 5.32 Å². The van der Waals surface area contributed by atoms with E-state index in [4.69, 9.17) is 4.74 Å². The Balaban J connectivity index is 2.42. The zero-order chi connectivity index (χ0) is 14.3. The fraction of sp³-hybridized carbons (Fsp3) is 0.417. The molecule has 1 aromatic rings. The molecule has 0 saturated heterocycles. The van der Waals surface area contributed by atoms with Crippen LogP contribution in [0.2, 0.25) is 0 Å². The minimum atomic E-state index is -0.745. The Hall–Kier alpha value is -1.99. The summed E-state index contributed by atoms with van der Waals surface area (Å²) in [6.07, 6.45) is -0.636. The molecule has 0 aliphatic carbocycles. The molecule has 0 fully saturated rings. The zero-order valence-corrected chi connectivity index (χ0v) is 10.5. The van der Waals surface area contributed by atoms with Gasteiger partial charge in [-0.2, -0.15) is 0 Å². The number of rotatable bonds is 7. The first-order valence-electron chi connectivity index (χ1n) is 5.70. The summed E-state index contributed by atoms with van der Waals surface area (Å²) in [5.74, 6) is -0.260. The number of nitro benzene ring substituents is 1. The number of carbonyl (C=O) groups excluding carboxylic acids is 1. The number of aliphatic hydroxyl groups excluding tert-OH is 1. The van der Waals surface area contributed by atoms with E-state index in [1.807, 2.05) is 0 Å². The smallest absolute Gasteiger partial charge is 0.269 e. The number of benzene rings is 1. The van der Waals surface area contributed by atoms with Crippen molar-refractivity contribution >= 4 is 11.6 Å². The molecule has 1 rings (SSSR count). The van der Waals surface area contributed by atoms with Crippen LogP contribution >= 0.6 is 0 Å². The summed E-state index contributed by atoms with van der Waals surface area (Å²) in [4.78, 5) is 21.5. The standard InChI is InChI=1S/C12H16N2O5/c1-19-8-11(15)7-13-12(16)6-9-2-4-10(5-3-9)14(17)18/h2-5,11,15H,6-8H2,1H3,(H,13,16). The van der Waals surface area contributed by atoms with Crippen molar-refractivity contribution in [3.63, 3.8) is 0 Å². The van der Waals surface area contributed by atoms with Crippen molar-refractivity contribution in [2.24, 2.45) is 0 Å². The van der Waals surface area contributed by atoms with E-state index in [-0.39, 0.29) is 31.2 Å². The molecule has 7 heteroatoms. The van der Waals surface area contributed by atoms with Gasteiger partial charge in [-0.1, -0.05) is 12.1 Å². The third kappa shape index (κ3) is 5.45. The Morgan fingerprint density at radius 3 is 2.63 bits per heavy atom. The molecule has 7 nitrogen and oxygen atoms in total. The van der Waals surface area contributed by atoms with E-state index >= 15 is 0 Å². The average molecular weight is 268 g/mol. The third-order valence-electron chi connectivity index (χ3n) is 2.41. The molecule has 0 aromatic heterocycles. The molecule has 104 valence electrons. The van der Waals surface area contributed by atoms with Crippen LogP contribution in [0.15, 0.2) is 24.3 Å². The number of nitro groups is 1. The van der Waals surface area contributed by atoms with E-state index in [0.29, 0.717) is 5.56 Å². The summed E-state index contributed by atoms with van der Waals surface area (Å²) < 4.78 is 4.72. The van der Waals surface area contributed by atoms with Crippen LogP contribution in [-0.4, -0.2) is 42.3 Å². The van der Waals surface area contributed by atoms with Gasteiger partial charge in [0.05, 0.1) is 24.1 Å². The Morgan fingerprint density at radius 1 is 1.47 bits per heavy atom. The van der Waals surface area contributed by atoms with Crippen LogP contribution in [0.25, 0.3) is 0 Å². The molecule has 1 unspecified atom stereocenters. The third-order valence-corrected chi connectivity index (χ3v) is 2.41. The highest BCUT2D eigenvalue weighted by molar-refractivity contribution is 5.78. The predicted octanol–water partition coefficient (Wildman–Crippen LogP) is 0.261. The number of ether oxygens (including phenoxy) is 1. The van der Waals surface area contributed by atoms with Gasteiger partial charge < -0.3 is 15.2 Å². The summed E-state index contributed by atoms with van der Waals surface area (Å²) in [5.41, 5.74) is 0.656. The molecular formula is C12H16N2O5. The highest BCUT2D eigenvalue weighted by Crippen LogP contribution is 2.12. The molecular weight excluding hydrogens is 252 g/mol. The molecule has 0 radical (unpaired) electrons. The van der Waals surface area contributed by atoms with Crippen molar-refractivity contribution in [1.29, 1.82) is 0 Å². The first-order chi connectivity index (χ1) is 9.02. The Kier molecular flexibility index (Phi) is 5.91. The molecule has 0 heterocycles. The number of hydrogen-bond acceptors (Lipinski definition) is 5. The SMILES string of the molecule is COCC(O)CNC(=O)Cc1ccc([N+](=O)[O-])cc1. The molecule has 19 heavy (non-hydrogen) atoms. The average Bonchev–Trinajstić information content (AvgIpc) is 2.37. The molecule has 1 amide bonds. The van der Waals surface area contributed by atoms with Gasteiger partial charge in [0, 0.05) is 25.8 Å². The van der Waals surface area contributed by atoms with Crippen LogP contribution in [-0.2, 0) is 16.0 Å². The number of carbonyl (C=O) groups is 1. The van der Waals surface area contributed by atoms with Crippen LogP contribution in [0, 0.1) is 10.1 Å². The normalized spacial score (nSPS) is 11.9. The largest absolute Gasteiger partial charge is 0.389 e. The zero-order valence-electron chi connectivity index (χ0n) is 10.5. The van der Waals surface area contributed by atoms with Crippen LogP contribution in [0.5, 0.6) is 0 Å². The van der Waals surface area contributed by atoms with Crippen molar-refractivity contribution in [3.8, 4) is 0 Å². The topological polar surface area (TPSA) is 102 Å². The summed E-state index contributed by atoms with van der Waals surface area (Å²) >= 11 is 0. The minimum absolute atomic E-state index is 0.0142. The van der Waals surface area contributed by atoms with E-state index in [9.17, 15) is 20.0 Å². The fourth-order valence-electron chi connectivity index (χ4n) is 1.47. The van der Waals surface area contributed by atoms with Crippen LogP contribution in [0.3, 0.4) is 0 Å². The number of non-ortho nitro benzene ring substituents is 1. The summed E-state index contributed by atoms with van der Waals surface area (Å²) in [7, 11) is 1.46. The summed E-state index contributed by atoms with van der Waals surface area (Å²) in [6, 6.07) is 5.76. The maximum absolute atomic E-state index is 11.5. The van der Waals surface area contributed by atoms with E-state index in [2.05, 4.69) is 5.32 Å². The number of aliphatic hydroxyl groups is 1. The number of methoxy groups -OCH3 is 1. The van der Waals surface area contributed by atoms with Crippen molar-refractivity contribution < 1.29 is 19.6 Å². The lowest BCUT2D eigenvalue weighted by Gasteiger charge is -2.10. The lowest BCUT2D eigenvalue weighted by molar-refractivity contribution is -0.384. The minimum Gasteiger partial charge on any atom is -0.389 e. The summed E-state index contributed by atoms with van der Waals surface area (Å²) in [6.45, 7) is 0.261. The van der Waals surface area contributed by atoms with Gasteiger partial charge in [-0.3, -0.25) is 14.9 Å². The van der Waals surface area contributed by atoms with Crippen LogP contribution in [0.1, 0.15) is 5.56 Å². The molecule has 2 N–H and O–H groups in total. The lowest BCUT2D eigenvalue weighted by Crippen LogP contribution is -2.35.